The summed E-state index contributed by atoms with van der Waals surface area (Å²) < 4.78 is 13.1. The molecule has 0 saturated carbocycles. The highest BCUT2D eigenvalue weighted by atomic mass is 16.6. The Morgan fingerprint density at radius 1 is 1.03 bits per heavy atom. The number of para-hydroxylation sites is 1. The lowest BCUT2D eigenvalue weighted by molar-refractivity contribution is -0.0817. The second-order valence-electron chi connectivity index (χ2n) is 9.54. The fourth-order valence-electron chi connectivity index (χ4n) is 4.00. The Bertz CT molecular complexity index is 1400. The quantitative estimate of drug-likeness (QED) is 0.219. The molecule has 3 N–H and O–H groups in total. The van der Waals surface area contributed by atoms with Crippen LogP contribution in [0, 0.1) is 18.3 Å². The summed E-state index contributed by atoms with van der Waals surface area (Å²) in [5.41, 5.74) is 4.00. The number of likely N-dealkylation sites (N-methyl/N-ethyl adjacent to an activating group) is 2. The van der Waals surface area contributed by atoms with Crippen LogP contribution < -0.4 is 15.4 Å². The molecule has 1 unspecified atom stereocenters. The molecule has 2 aromatic heterocycles. The van der Waals surface area contributed by atoms with Crippen molar-refractivity contribution in [1.29, 1.82) is 5.26 Å². The van der Waals surface area contributed by atoms with E-state index in [0.717, 1.165) is 35.6 Å². The molecule has 10 heteroatoms. The predicted molar refractivity (Wildman–Crippen MR) is 153 cm³/mol. The van der Waals surface area contributed by atoms with Crippen molar-refractivity contribution >= 4 is 22.6 Å². The van der Waals surface area contributed by atoms with Gasteiger partial charge in [0.05, 0.1) is 41.5 Å². The summed E-state index contributed by atoms with van der Waals surface area (Å²) in [5, 5.41) is 31.0. The number of ether oxygens (including phenoxy) is 2. The van der Waals surface area contributed by atoms with Crippen molar-refractivity contribution in [3.05, 3.63) is 78.1 Å². The van der Waals surface area contributed by atoms with E-state index < -0.39 is 6.41 Å². The summed E-state index contributed by atoms with van der Waals surface area (Å²) in [6.45, 7) is 4.84. The van der Waals surface area contributed by atoms with Crippen molar-refractivity contribution in [3.63, 3.8) is 0 Å². The van der Waals surface area contributed by atoms with Crippen LogP contribution in [0.15, 0.2) is 67.0 Å². The smallest absolute Gasteiger partial charge is 0.235 e. The van der Waals surface area contributed by atoms with Gasteiger partial charge in [-0.15, -0.1) is 0 Å². The Hall–Kier alpha value is -4.14. The van der Waals surface area contributed by atoms with Gasteiger partial charge in [-0.3, -0.25) is 0 Å². The molecule has 0 saturated heterocycles. The van der Waals surface area contributed by atoms with Crippen LogP contribution in [0.4, 0.5) is 17.1 Å². The van der Waals surface area contributed by atoms with E-state index in [9.17, 15) is 10.4 Å². The summed E-state index contributed by atoms with van der Waals surface area (Å²) in [6, 6.07) is 19.3. The summed E-state index contributed by atoms with van der Waals surface area (Å²) in [7, 11) is 6.10. The van der Waals surface area contributed by atoms with Crippen molar-refractivity contribution in [2.75, 3.05) is 58.0 Å². The monoisotopic (exact) mass is 529 g/mol. The van der Waals surface area contributed by atoms with Crippen LogP contribution in [0.5, 0.6) is 11.5 Å². The Morgan fingerprint density at radius 3 is 2.44 bits per heavy atom. The normalized spacial score (nSPS) is 12.1. The highest BCUT2D eigenvalue weighted by Gasteiger charge is 2.18. The number of anilines is 3. The molecule has 0 aliphatic rings. The van der Waals surface area contributed by atoms with Gasteiger partial charge < -0.3 is 35.0 Å². The van der Waals surface area contributed by atoms with Gasteiger partial charge in [0.1, 0.15) is 17.6 Å². The van der Waals surface area contributed by atoms with Gasteiger partial charge in [-0.25, -0.2) is 4.52 Å². The minimum Gasteiger partial charge on any atom is -0.457 e. The molecule has 2 aromatic carbocycles. The van der Waals surface area contributed by atoms with E-state index in [-0.39, 0.29) is 0 Å². The van der Waals surface area contributed by atoms with E-state index in [0.29, 0.717) is 35.8 Å². The van der Waals surface area contributed by atoms with Crippen LogP contribution >= 0.6 is 0 Å². The molecule has 0 radical (unpaired) electrons. The SMILES string of the molecule is Cc1c(NC(O)OCCN(C)CCN(C)C)cn2ncc(C#N)c(Nc3ccc(Oc4ccccc4)cc3)c12. The molecule has 204 valence electrons. The molecule has 0 bridgehead atoms. The van der Waals surface area contributed by atoms with Crippen LogP contribution in [-0.4, -0.2) is 78.3 Å². The van der Waals surface area contributed by atoms with Gasteiger partial charge in [-0.1, -0.05) is 18.2 Å². The zero-order valence-corrected chi connectivity index (χ0v) is 22.8. The van der Waals surface area contributed by atoms with Gasteiger partial charge in [0.15, 0.2) is 0 Å². The molecule has 0 aliphatic heterocycles. The minimum atomic E-state index is -1.19. The number of rotatable bonds is 13. The Balaban J connectivity index is 1.45. The lowest BCUT2D eigenvalue weighted by Gasteiger charge is -2.20. The van der Waals surface area contributed by atoms with Gasteiger partial charge in [0.2, 0.25) is 6.41 Å². The second kappa shape index (κ2) is 13.1. The standard InChI is InChI=1S/C29H35N7O3/c1-21-26(33-29(37)38-17-16-35(4)15-14-34(2)3)20-36-28(21)27(22(18-30)19-31-36)32-23-10-12-25(13-11-23)39-24-8-6-5-7-9-24/h5-13,19-20,29,32-33,37H,14-17H2,1-4H3. The highest BCUT2D eigenvalue weighted by molar-refractivity contribution is 5.87. The zero-order chi connectivity index (χ0) is 27.8. The third kappa shape index (κ3) is 7.46. The van der Waals surface area contributed by atoms with Crippen molar-refractivity contribution in [1.82, 2.24) is 19.4 Å². The number of benzene rings is 2. The fourth-order valence-corrected chi connectivity index (χ4v) is 4.00. The van der Waals surface area contributed by atoms with Crippen molar-refractivity contribution in [2.45, 2.75) is 13.3 Å². The molecule has 39 heavy (non-hydrogen) atoms. The van der Waals surface area contributed by atoms with Crippen LogP contribution in [0.1, 0.15) is 11.1 Å². The zero-order valence-electron chi connectivity index (χ0n) is 22.8. The molecule has 2 heterocycles. The Kier molecular flexibility index (Phi) is 9.35. The van der Waals surface area contributed by atoms with Crippen molar-refractivity contribution in [2.24, 2.45) is 0 Å². The number of aliphatic hydroxyl groups is 1. The lowest BCUT2D eigenvalue weighted by Crippen LogP contribution is -2.33. The van der Waals surface area contributed by atoms with E-state index in [4.69, 9.17) is 9.47 Å². The maximum atomic E-state index is 10.5. The first kappa shape index (κ1) is 27.9. The molecule has 1 atom stereocenters. The molecule has 4 aromatic rings. The maximum absolute atomic E-state index is 10.5. The van der Waals surface area contributed by atoms with Crippen molar-refractivity contribution in [3.8, 4) is 17.6 Å². The summed E-state index contributed by atoms with van der Waals surface area (Å²) in [5.74, 6) is 1.46. The number of nitrogens with one attached hydrogen (secondary N) is 2. The van der Waals surface area contributed by atoms with E-state index in [1.807, 2.05) is 82.7 Å². The number of aliphatic hydroxyl groups excluding tert-OH is 1. The highest BCUT2D eigenvalue weighted by Crippen LogP contribution is 2.33. The summed E-state index contributed by atoms with van der Waals surface area (Å²) >= 11 is 0. The van der Waals surface area contributed by atoms with Gasteiger partial charge in [0, 0.05) is 30.9 Å². The largest absolute Gasteiger partial charge is 0.457 e. The molecular weight excluding hydrogens is 494 g/mol. The Morgan fingerprint density at radius 2 is 1.74 bits per heavy atom. The molecule has 0 fully saturated rings. The van der Waals surface area contributed by atoms with Crippen LogP contribution in [-0.2, 0) is 4.74 Å². The van der Waals surface area contributed by atoms with Gasteiger partial charge in [0.25, 0.3) is 0 Å². The predicted octanol–water partition coefficient (Wildman–Crippen LogP) is 4.25. The summed E-state index contributed by atoms with van der Waals surface area (Å²) in [6.07, 6.45) is 2.10. The molecule has 0 aliphatic carbocycles. The molecule has 10 nitrogen and oxygen atoms in total. The third-order valence-corrected chi connectivity index (χ3v) is 6.24. The average molecular weight is 530 g/mol. The molecule has 4 rings (SSSR count). The topological polar surface area (TPSA) is 110 Å². The van der Waals surface area contributed by atoms with Crippen LogP contribution in [0.3, 0.4) is 0 Å². The van der Waals surface area contributed by atoms with Crippen LogP contribution in [0.2, 0.25) is 0 Å². The Labute approximate surface area is 229 Å². The molecule has 0 spiro atoms. The first-order valence-corrected chi connectivity index (χ1v) is 12.7. The number of aryl methyl sites for hydroxylation is 1. The maximum Gasteiger partial charge on any atom is 0.235 e. The first-order chi connectivity index (χ1) is 18.8. The van der Waals surface area contributed by atoms with E-state index in [1.54, 1.807) is 10.7 Å². The van der Waals surface area contributed by atoms with Gasteiger partial charge in [-0.05, 0) is 64.5 Å². The molecular formula is C29H35N7O3. The van der Waals surface area contributed by atoms with E-state index >= 15 is 0 Å². The van der Waals surface area contributed by atoms with Gasteiger partial charge >= 0.3 is 0 Å². The third-order valence-electron chi connectivity index (χ3n) is 6.24. The van der Waals surface area contributed by atoms with E-state index in [1.165, 1.54) is 6.20 Å². The van der Waals surface area contributed by atoms with Crippen LogP contribution in [0.25, 0.3) is 5.52 Å². The number of fused-ring (bicyclic) bond motifs is 1. The number of hydrogen-bond donors (Lipinski definition) is 3. The number of aromatic nitrogens is 2. The van der Waals surface area contributed by atoms with E-state index in [2.05, 4.69) is 31.6 Å². The number of hydrogen-bond acceptors (Lipinski definition) is 9. The number of nitrogens with zero attached hydrogens (tertiary/aromatic N) is 5. The average Bonchev–Trinajstić information content (AvgIpc) is 3.24. The van der Waals surface area contributed by atoms with Gasteiger partial charge in [-0.2, -0.15) is 10.4 Å². The number of nitriles is 1. The summed E-state index contributed by atoms with van der Waals surface area (Å²) in [4.78, 5) is 4.27. The molecule has 0 amide bonds. The lowest BCUT2D eigenvalue weighted by atomic mass is 10.1. The first-order valence-electron chi connectivity index (χ1n) is 12.7. The second-order valence-corrected chi connectivity index (χ2v) is 9.54. The fraction of sp³-hybridized carbons (Fsp3) is 0.310. The van der Waals surface area contributed by atoms with Crippen molar-refractivity contribution < 1.29 is 14.6 Å². The minimum absolute atomic E-state index is 0.373.